The average Bonchev–Trinajstić information content (AvgIpc) is 2.93. The van der Waals surface area contributed by atoms with Crippen LogP contribution in [0.4, 0.5) is 4.79 Å². The molecule has 3 aromatic carbocycles. The van der Waals surface area contributed by atoms with Crippen LogP contribution < -0.4 is 20.1 Å². The standard InChI is InChI=1S/C28H30N2O7/c1-35-22-12-8-20(9-13-22)26(21-10-14-23(36-2)15-11-21)30-25(31)17-16-24(27(32)33)29-28(34)37-18-19-6-4-3-5-7-19/h3-15,24,26H,16-18H2,1-2H3,(H,29,34)(H,30,31)(H,32,33)/t24-/m1/s1. The minimum Gasteiger partial charge on any atom is -0.497 e. The van der Waals surface area contributed by atoms with Gasteiger partial charge in [0.1, 0.15) is 24.1 Å². The number of carbonyl (C=O) groups excluding carboxylic acids is 2. The van der Waals surface area contributed by atoms with Gasteiger partial charge in [0, 0.05) is 6.42 Å². The molecule has 0 saturated carbocycles. The molecular weight excluding hydrogens is 476 g/mol. The van der Waals surface area contributed by atoms with Crippen molar-refractivity contribution < 1.29 is 33.7 Å². The first-order chi connectivity index (χ1) is 17.9. The number of amides is 2. The quantitative estimate of drug-likeness (QED) is 0.338. The predicted octanol–water partition coefficient (Wildman–Crippen LogP) is 4.07. The summed E-state index contributed by atoms with van der Waals surface area (Å²) in [5.74, 6) is -0.273. The number of alkyl carbamates (subject to hydrolysis) is 1. The molecule has 194 valence electrons. The summed E-state index contributed by atoms with van der Waals surface area (Å²) in [5, 5.41) is 14.8. The van der Waals surface area contributed by atoms with Crippen molar-refractivity contribution in [1.82, 2.24) is 10.6 Å². The molecule has 0 aliphatic heterocycles. The van der Waals surface area contributed by atoms with E-state index in [-0.39, 0.29) is 25.4 Å². The van der Waals surface area contributed by atoms with E-state index in [1.807, 2.05) is 30.3 Å². The maximum atomic E-state index is 12.9. The van der Waals surface area contributed by atoms with E-state index in [0.29, 0.717) is 11.5 Å². The average molecular weight is 507 g/mol. The molecule has 0 aliphatic carbocycles. The lowest BCUT2D eigenvalue weighted by Gasteiger charge is -2.21. The first-order valence-corrected chi connectivity index (χ1v) is 11.7. The number of hydrogen-bond donors (Lipinski definition) is 3. The van der Waals surface area contributed by atoms with Crippen LogP contribution in [0.2, 0.25) is 0 Å². The van der Waals surface area contributed by atoms with Crippen LogP contribution in [0.15, 0.2) is 78.9 Å². The van der Waals surface area contributed by atoms with Gasteiger partial charge in [-0.2, -0.15) is 0 Å². The highest BCUT2D eigenvalue weighted by Crippen LogP contribution is 2.26. The van der Waals surface area contributed by atoms with Gasteiger partial charge in [0.15, 0.2) is 0 Å². The van der Waals surface area contributed by atoms with Gasteiger partial charge < -0.3 is 30.0 Å². The zero-order valence-corrected chi connectivity index (χ0v) is 20.7. The minimum absolute atomic E-state index is 0.00486. The largest absolute Gasteiger partial charge is 0.497 e. The molecule has 3 N–H and O–H groups in total. The van der Waals surface area contributed by atoms with Gasteiger partial charge in [-0.05, 0) is 47.4 Å². The van der Waals surface area contributed by atoms with Crippen molar-refractivity contribution in [2.75, 3.05) is 14.2 Å². The Kier molecular flexibility index (Phi) is 9.90. The summed E-state index contributed by atoms with van der Waals surface area (Å²) in [6, 6.07) is 21.8. The van der Waals surface area contributed by atoms with Crippen molar-refractivity contribution in [3.63, 3.8) is 0 Å². The fourth-order valence-corrected chi connectivity index (χ4v) is 3.62. The molecule has 0 aromatic heterocycles. The monoisotopic (exact) mass is 506 g/mol. The summed E-state index contributed by atoms with van der Waals surface area (Å²) in [7, 11) is 3.14. The molecule has 0 heterocycles. The lowest BCUT2D eigenvalue weighted by Crippen LogP contribution is -2.42. The highest BCUT2D eigenvalue weighted by molar-refractivity contribution is 5.82. The van der Waals surface area contributed by atoms with Crippen LogP contribution in [0.25, 0.3) is 0 Å². The Labute approximate surface area is 215 Å². The number of carboxylic acids is 1. The number of methoxy groups -OCH3 is 2. The van der Waals surface area contributed by atoms with Crippen LogP contribution in [0, 0.1) is 0 Å². The van der Waals surface area contributed by atoms with E-state index in [0.717, 1.165) is 16.7 Å². The first kappa shape index (κ1) is 27.1. The minimum atomic E-state index is -1.28. The third-order valence-electron chi connectivity index (χ3n) is 5.67. The molecule has 2 amide bonds. The maximum Gasteiger partial charge on any atom is 0.408 e. The van der Waals surface area contributed by atoms with Gasteiger partial charge in [0.05, 0.1) is 20.3 Å². The highest BCUT2D eigenvalue weighted by Gasteiger charge is 2.23. The van der Waals surface area contributed by atoms with Crippen LogP contribution in [-0.2, 0) is 20.9 Å². The SMILES string of the molecule is COc1ccc(C(NC(=O)CC[C@@H](NC(=O)OCc2ccccc2)C(=O)O)c2ccc(OC)cc2)cc1. The molecule has 0 bridgehead atoms. The Hall–Kier alpha value is -4.53. The van der Waals surface area contributed by atoms with Crippen molar-refractivity contribution in [3.05, 3.63) is 95.6 Å². The second kappa shape index (κ2) is 13.5. The number of benzene rings is 3. The van der Waals surface area contributed by atoms with Crippen LogP contribution in [0.3, 0.4) is 0 Å². The van der Waals surface area contributed by atoms with Gasteiger partial charge in [-0.1, -0.05) is 54.6 Å². The fourth-order valence-electron chi connectivity index (χ4n) is 3.62. The number of carboxylic acid groups (broad SMARTS) is 1. The Bertz CT molecular complexity index is 1120. The van der Waals surface area contributed by atoms with E-state index in [4.69, 9.17) is 14.2 Å². The van der Waals surface area contributed by atoms with Gasteiger partial charge in [-0.3, -0.25) is 4.79 Å². The van der Waals surface area contributed by atoms with Gasteiger partial charge >= 0.3 is 12.1 Å². The number of rotatable bonds is 12. The van der Waals surface area contributed by atoms with E-state index >= 15 is 0 Å². The third-order valence-corrected chi connectivity index (χ3v) is 5.67. The maximum absolute atomic E-state index is 12.9. The molecule has 9 nitrogen and oxygen atoms in total. The summed E-state index contributed by atoms with van der Waals surface area (Å²) in [6.07, 6.45) is -1.11. The summed E-state index contributed by atoms with van der Waals surface area (Å²) in [6.45, 7) is 0.00486. The predicted molar refractivity (Wildman–Crippen MR) is 136 cm³/mol. The van der Waals surface area contributed by atoms with E-state index in [2.05, 4.69) is 10.6 Å². The van der Waals surface area contributed by atoms with E-state index in [9.17, 15) is 19.5 Å². The van der Waals surface area contributed by atoms with Crippen molar-refractivity contribution in [1.29, 1.82) is 0 Å². The van der Waals surface area contributed by atoms with Crippen molar-refractivity contribution in [3.8, 4) is 11.5 Å². The van der Waals surface area contributed by atoms with Crippen molar-refractivity contribution in [2.45, 2.75) is 31.5 Å². The molecule has 0 saturated heterocycles. The zero-order valence-electron chi connectivity index (χ0n) is 20.7. The van der Waals surface area contributed by atoms with Crippen molar-refractivity contribution >= 4 is 18.0 Å². The molecule has 3 rings (SSSR count). The topological polar surface area (TPSA) is 123 Å². The number of nitrogens with one attached hydrogen (secondary N) is 2. The van der Waals surface area contributed by atoms with Gasteiger partial charge in [-0.25, -0.2) is 9.59 Å². The van der Waals surface area contributed by atoms with E-state index < -0.39 is 24.1 Å². The smallest absolute Gasteiger partial charge is 0.408 e. The molecule has 3 aromatic rings. The fraction of sp³-hybridized carbons (Fsp3) is 0.250. The Morgan fingerprint density at radius 1 is 0.784 bits per heavy atom. The van der Waals surface area contributed by atoms with Gasteiger partial charge in [0.2, 0.25) is 5.91 Å². The lowest BCUT2D eigenvalue weighted by atomic mass is 9.98. The first-order valence-electron chi connectivity index (χ1n) is 11.7. The molecule has 0 radical (unpaired) electrons. The Balaban J connectivity index is 1.62. The number of aliphatic carboxylic acids is 1. The molecule has 9 heteroatoms. The number of ether oxygens (including phenoxy) is 3. The molecule has 0 unspecified atom stereocenters. The second-order valence-corrected chi connectivity index (χ2v) is 8.18. The van der Waals surface area contributed by atoms with Crippen LogP contribution in [0.5, 0.6) is 11.5 Å². The van der Waals surface area contributed by atoms with E-state index in [1.54, 1.807) is 62.8 Å². The molecular formula is C28H30N2O7. The van der Waals surface area contributed by atoms with Gasteiger partial charge in [-0.15, -0.1) is 0 Å². The third kappa shape index (κ3) is 8.28. The zero-order chi connectivity index (χ0) is 26.6. The van der Waals surface area contributed by atoms with Crippen molar-refractivity contribution in [2.24, 2.45) is 0 Å². The Morgan fingerprint density at radius 2 is 1.32 bits per heavy atom. The lowest BCUT2D eigenvalue weighted by molar-refractivity contribution is -0.139. The second-order valence-electron chi connectivity index (χ2n) is 8.18. The Morgan fingerprint density at radius 3 is 1.81 bits per heavy atom. The summed E-state index contributed by atoms with van der Waals surface area (Å²) in [5.41, 5.74) is 2.40. The normalized spacial score (nSPS) is 11.3. The van der Waals surface area contributed by atoms with E-state index in [1.165, 1.54) is 0 Å². The van der Waals surface area contributed by atoms with Crippen LogP contribution in [0.1, 0.15) is 35.6 Å². The molecule has 0 spiro atoms. The molecule has 0 fully saturated rings. The summed E-state index contributed by atoms with van der Waals surface area (Å²) < 4.78 is 15.5. The van der Waals surface area contributed by atoms with Crippen LogP contribution >= 0.6 is 0 Å². The summed E-state index contributed by atoms with van der Waals surface area (Å²) in [4.78, 5) is 36.7. The molecule has 37 heavy (non-hydrogen) atoms. The van der Waals surface area contributed by atoms with Crippen LogP contribution in [-0.4, -0.2) is 43.3 Å². The summed E-state index contributed by atoms with van der Waals surface area (Å²) >= 11 is 0. The molecule has 1 atom stereocenters. The molecule has 0 aliphatic rings. The number of hydrogen-bond acceptors (Lipinski definition) is 6. The van der Waals surface area contributed by atoms with Gasteiger partial charge in [0.25, 0.3) is 0 Å². The number of carbonyl (C=O) groups is 3. The highest BCUT2D eigenvalue weighted by atomic mass is 16.5.